The quantitative estimate of drug-likeness (QED) is 0.791. The Labute approximate surface area is 124 Å². The number of alkyl carbamates (subject to hydrolysis) is 1. The molecule has 0 heterocycles. The molecule has 3 rings (SSSR count). The average Bonchev–Trinajstić information content (AvgIpc) is 2.21. The van der Waals surface area contributed by atoms with Gasteiger partial charge in [0.25, 0.3) is 0 Å². The van der Waals surface area contributed by atoms with Crippen LogP contribution in [0.1, 0.15) is 52.9 Å². The number of hydrogen-bond acceptors (Lipinski definition) is 3. The van der Waals surface area contributed by atoms with Crippen molar-refractivity contribution in [2.24, 2.45) is 10.8 Å². The number of alkyl halides is 1. The minimum absolute atomic E-state index is 0.120. The molecule has 5 nitrogen and oxygen atoms in total. The predicted molar refractivity (Wildman–Crippen MR) is 74.7 cm³/mol. The monoisotopic (exact) mass is 301 g/mol. The zero-order chi connectivity index (χ0) is 15.9. The Morgan fingerprint density at radius 3 is 2.33 bits per heavy atom. The summed E-state index contributed by atoms with van der Waals surface area (Å²) in [5.74, 6) is -1.03. The van der Waals surface area contributed by atoms with E-state index in [1.54, 1.807) is 20.8 Å². The molecule has 0 aromatic heterocycles. The second kappa shape index (κ2) is 5.14. The first kappa shape index (κ1) is 16.0. The maximum Gasteiger partial charge on any atom is 0.408 e. The molecule has 3 fully saturated rings. The summed E-state index contributed by atoms with van der Waals surface area (Å²) in [6.45, 7) is 4.87. The lowest BCUT2D eigenvalue weighted by atomic mass is 9.32. The van der Waals surface area contributed by atoms with Crippen molar-refractivity contribution in [1.82, 2.24) is 5.32 Å². The number of ether oxygens (including phenoxy) is 1. The van der Waals surface area contributed by atoms with Gasteiger partial charge in [-0.15, -0.1) is 0 Å². The van der Waals surface area contributed by atoms with Crippen LogP contribution in [-0.4, -0.2) is 35.5 Å². The van der Waals surface area contributed by atoms with Crippen molar-refractivity contribution in [3.05, 3.63) is 0 Å². The summed E-state index contributed by atoms with van der Waals surface area (Å²) in [6.07, 6.45) is 2.92. The molecule has 0 saturated heterocycles. The highest BCUT2D eigenvalue weighted by Gasteiger charge is 2.71. The standard InChI is InChI=1S/C15H24FNO4/c1-13(2,3)21-12(20)17-10(11(18)19)15-7-14(8-15,9-15)5-4-6-16/h10H,4-9H2,1-3H3,(H,17,20)(H,18,19). The number of halogens is 1. The molecular formula is C15H24FNO4. The van der Waals surface area contributed by atoms with Gasteiger partial charge in [-0.1, -0.05) is 0 Å². The normalized spacial score (nSPS) is 31.6. The smallest absolute Gasteiger partial charge is 0.408 e. The van der Waals surface area contributed by atoms with Crippen LogP contribution in [0.4, 0.5) is 9.18 Å². The first-order valence-corrected chi connectivity index (χ1v) is 7.40. The summed E-state index contributed by atoms with van der Waals surface area (Å²) >= 11 is 0. The molecule has 120 valence electrons. The summed E-state index contributed by atoms with van der Waals surface area (Å²) in [5.41, 5.74) is -0.899. The van der Waals surface area contributed by atoms with Crippen LogP contribution < -0.4 is 5.32 Å². The summed E-state index contributed by atoms with van der Waals surface area (Å²) in [5, 5.41) is 11.9. The van der Waals surface area contributed by atoms with Crippen molar-refractivity contribution in [1.29, 1.82) is 0 Å². The second-order valence-electron chi connectivity index (χ2n) is 7.60. The fourth-order valence-corrected chi connectivity index (χ4v) is 4.00. The maximum absolute atomic E-state index is 12.2. The topological polar surface area (TPSA) is 75.6 Å². The van der Waals surface area contributed by atoms with Gasteiger partial charge in [0.05, 0.1) is 6.67 Å². The highest BCUT2D eigenvalue weighted by molar-refractivity contribution is 5.81. The molecule has 2 bridgehead atoms. The molecule has 1 atom stereocenters. The lowest BCUT2D eigenvalue weighted by Crippen LogP contribution is -2.71. The largest absolute Gasteiger partial charge is 0.480 e. The third-order valence-electron chi connectivity index (χ3n) is 4.54. The van der Waals surface area contributed by atoms with Gasteiger partial charge in [0.1, 0.15) is 11.6 Å². The van der Waals surface area contributed by atoms with Crippen LogP contribution in [0.25, 0.3) is 0 Å². The Hall–Kier alpha value is -1.33. The fraction of sp³-hybridized carbons (Fsp3) is 0.867. The molecule has 21 heavy (non-hydrogen) atoms. The number of nitrogens with one attached hydrogen (secondary N) is 1. The average molecular weight is 301 g/mol. The van der Waals surface area contributed by atoms with E-state index in [4.69, 9.17) is 4.74 Å². The number of carboxylic acids is 1. The lowest BCUT2D eigenvalue weighted by molar-refractivity contribution is -0.228. The molecule has 3 saturated carbocycles. The maximum atomic E-state index is 12.2. The van der Waals surface area contributed by atoms with E-state index in [0.717, 1.165) is 25.7 Å². The molecule has 6 heteroatoms. The van der Waals surface area contributed by atoms with Gasteiger partial charge in [-0.3, -0.25) is 4.39 Å². The molecule has 2 N–H and O–H groups in total. The minimum atomic E-state index is -1.03. The molecule has 0 spiro atoms. The SMILES string of the molecule is CC(C)(C)OC(=O)NC(C(=O)O)C12CC(CCCF)(C1)C2. The lowest BCUT2D eigenvalue weighted by Gasteiger charge is -2.72. The van der Waals surface area contributed by atoms with Crippen LogP contribution in [0.3, 0.4) is 0 Å². The van der Waals surface area contributed by atoms with Gasteiger partial charge in [-0.05, 0) is 58.3 Å². The molecule has 0 aromatic rings. The van der Waals surface area contributed by atoms with Gasteiger partial charge in [0.15, 0.2) is 0 Å². The first-order chi connectivity index (χ1) is 9.61. The van der Waals surface area contributed by atoms with Crippen molar-refractivity contribution in [2.45, 2.75) is 64.5 Å². The Balaban J connectivity index is 1.91. The molecule has 1 unspecified atom stereocenters. The van der Waals surface area contributed by atoms with Crippen molar-refractivity contribution in [2.75, 3.05) is 6.67 Å². The van der Waals surface area contributed by atoms with E-state index in [2.05, 4.69) is 5.32 Å². The number of carbonyl (C=O) groups is 2. The van der Waals surface area contributed by atoms with Crippen molar-refractivity contribution in [3.8, 4) is 0 Å². The highest BCUT2D eigenvalue weighted by Crippen LogP contribution is 2.76. The van der Waals surface area contributed by atoms with Gasteiger partial charge in [0.2, 0.25) is 0 Å². The summed E-state index contributed by atoms with van der Waals surface area (Å²) in [4.78, 5) is 23.2. The van der Waals surface area contributed by atoms with Crippen LogP contribution in [0.2, 0.25) is 0 Å². The summed E-state index contributed by atoms with van der Waals surface area (Å²) < 4.78 is 17.4. The molecule has 3 aliphatic carbocycles. The fourth-order valence-electron chi connectivity index (χ4n) is 4.00. The van der Waals surface area contributed by atoms with E-state index in [1.807, 2.05) is 0 Å². The Morgan fingerprint density at radius 1 is 1.33 bits per heavy atom. The van der Waals surface area contributed by atoms with Crippen molar-refractivity contribution < 1.29 is 23.8 Å². The number of carboxylic acid groups (broad SMARTS) is 1. The van der Waals surface area contributed by atoms with E-state index >= 15 is 0 Å². The predicted octanol–water partition coefficient (Wildman–Crippen LogP) is 2.88. The minimum Gasteiger partial charge on any atom is -0.480 e. The molecule has 0 aliphatic heterocycles. The third kappa shape index (κ3) is 3.14. The summed E-state index contributed by atoms with van der Waals surface area (Å²) in [6, 6.07) is -0.917. The van der Waals surface area contributed by atoms with Crippen LogP contribution in [-0.2, 0) is 9.53 Å². The van der Waals surface area contributed by atoms with Gasteiger partial charge >= 0.3 is 12.1 Å². The van der Waals surface area contributed by atoms with Crippen molar-refractivity contribution in [3.63, 3.8) is 0 Å². The van der Waals surface area contributed by atoms with Crippen LogP contribution in [0.15, 0.2) is 0 Å². The Kier molecular flexibility index (Phi) is 3.93. The number of hydrogen-bond donors (Lipinski definition) is 2. The first-order valence-electron chi connectivity index (χ1n) is 7.40. The van der Waals surface area contributed by atoms with Gasteiger partial charge in [-0.25, -0.2) is 9.59 Å². The van der Waals surface area contributed by atoms with E-state index in [9.17, 15) is 19.1 Å². The number of aliphatic carboxylic acids is 1. The molecular weight excluding hydrogens is 277 g/mol. The Morgan fingerprint density at radius 2 is 1.90 bits per heavy atom. The highest BCUT2D eigenvalue weighted by atomic mass is 19.1. The van der Waals surface area contributed by atoms with Crippen LogP contribution >= 0.6 is 0 Å². The zero-order valence-electron chi connectivity index (χ0n) is 12.9. The van der Waals surface area contributed by atoms with Gasteiger partial charge in [-0.2, -0.15) is 0 Å². The molecule has 3 aliphatic rings. The number of carbonyl (C=O) groups excluding carboxylic acids is 1. The van der Waals surface area contributed by atoms with Crippen LogP contribution in [0, 0.1) is 10.8 Å². The number of amides is 1. The Bertz CT molecular complexity index is 424. The van der Waals surface area contributed by atoms with Gasteiger partial charge < -0.3 is 15.2 Å². The van der Waals surface area contributed by atoms with E-state index in [0.29, 0.717) is 6.42 Å². The third-order valence-corrected chi connectivity index (χ3v) is 4.54. The molecule has 0 aromatic carbocycles. The summed E-state index contributed by atoms with van der Waals surface area (Å²) in [7, 11) is 0. The van der Waals surface area contributed by atoms with E-state index < -0.39 is 23.7 Å². The molecule has 0 radical (unpaired) electrons. The van der Waals surface area contributed by atoms with E-state index in [1.165, 1.54) is 0 Å². The van der Waals surface area contributed by atoms with Crippen molar-refractivity contribution >= 4 is 12.1 Å². The second-order valence-corrected chi connectivity index (χ2v) is 7.60. The number of rotatable bonds is 6. The zero-order valence-corrected chi connectivity index (χ0v) is 12.9. The van der Waals surface area contributed by atoms with E-state index in [-0.39, 0.29) is 17.5 Å². The van der Waals surface area contributed by atoms with Gasteiger partial charge in [0, 0.05) is 5.41 Å². The molecule has 1 amide bonds. The van der Waals surface area contributed by atoms with Crippen LogP contribution in [0.5, 0.6) is 0 Å².